The Kier molecular flexibility index (Phi) is 4.97. The number of hydrogen-bond donors (Lipinski definition) is 1. The van der Waals surface area contributed by atoms with Gasteiger partial charge in [-0.3, -0.25) is 9.59 Å². The number of nitrogens with one attached hydrogen (secondary N) is 1. The van der Waals surface area contributed by atoms with Gasteiger partial charge in [-0.1, -0.05) is 0 Å². The number of amides is 2. The van der Waals surface area contributed by atoms with E-state index in [1.54, 1.807) is 0 Å². The predicted molar refractivity (Wildman–Crippen MR) is 96.5 cm³/mol. The third-order valence-electron chi connectivity index (χ3n) is 4.76. The zero-order valence-corrected chi connectivity index (χ0v) is 15.2. The van der Waals surface area contributed by atoms with Crippen molar-refractivity contribution in [2.75, 3.05) is 26.2 Å². The van der Waals surface area contributed by atoms with Crippen LogP contribution >= 0.6 is 0 Å². The Balaban J connectivity index is 1.61. The summed E-state index contributed by atoms with van der Waals surface area (Å²) in [6.07, 6.45) is 5.16. The lowest BCUT2D eigenvalue weighted by Crippen LogP contribution is -2.38. The third-order valence-corrected chi connectivity index (χ3v) is 4.76. The highest BCUT2D eigenvalue weighted by molar-refractivity contribution is 5.95. The molecular formula is C19H26N4O2. The van der Waals surface area contributed by atoms with E-state index in [0.717, 1.165) is 28.9 Å². The first-order valence-electron chi connectivity index (χ1n) is 8.78. The van der Waals surface area contributed by atoms with Crippen LogP contribution in [-0.4, -0.2) is 57.3 Å². The summed E-state index contributed by atoms with van der Waals surface area (Å²) in [6, 6.07) is 3.88. The fraction of sp³-hybridized carbons (Fsp3) is 0.474. The number of aromatic amines is 1. The van der Waals surface area contributed by atoms with Crippen LogP contribution in [0.15, 0.2) is 24.5 Å². The lowest BCUT2D eigenvalue weighted by atomic mass is 10.2. The molecule has 2 amide bonds. The molecule has 6 heteroatoms. The molecule has 0 atom stereocenters. The fourth-order valence-corrected chi connectivity index (χ4v) is 3.44. The van der Waals surface area contributed by atoms with Crippen molar-refractivity contribution in [2.24, 2.45) is 7.05 Å². The van der Waals surface area contributed by atoms with Crippen molar-refractivity contribution in [1.82, 2.24) is 19.4 Å². The summed E-state index contributed by atoms with van der Waals surface area (Å²) in [5.41, 5.74) is 3.67. The second kappa shape index (κ2) is 7.17. The van der Waals surface area contributed by atoms with Crippen LogP contribution in [0, 0.1) is 13.8 Å². The van der Waals surface area contributed by atoms with E-state index in [-0.39, 0.29) is 11.8 Å². The van der Waals surface area contributed by atoms with Crippen LogP contribution in [-0.2, 0) is 18.3 Å². The van der Waals surface area contributed by atoms with Crippen LogP contribution in [0.4, 0.5) is 0 Å². The van der Waals surface area contributed by atoms with E-state index in [1.165, 1.54) is 0 Å². The molecule has 0 aromatic carbocycles. The smallest absolute Gasteiger partial charge is 0.255 e. The molecule has 1 aliphatic rings. The van der Waals surface area contributed by atoms with Crippen molar-refractivity contribution < 1.29 is 9.59 Å². The molecule has 0 aliphatic carbocycles. The predicted octanol–water partition coefficient (Wildman–Crippen LogP) is 1.89. The number of rotatable bonds is 3. The lowest BCUT2D eigenvalue weighted by Gasteiger charge is -2.22. The largest absolute Gasteiger partial charge is 0.362 e. The van der Waals surface area contributed by atoms with Gasteiger partial charge in [-0.25, -0.2) is 0 Å². The van der Waals surface area contributed by atoms with Crippen molar-refractivity contribution in [3.8, 4) is 0 Å². The van der Waals surface area contributed by atoms with Gasteiger partial charge in [0.15, 0.2) is 0 Å². The molecule has 134 valence electrons. The Labute approximate surface area is 148 Å². The molecule has 1 N–H and O–H groups in total. The molecule has 2 aromatic heterocycles. The van der Waals surface area contributed by atoms with Crippen LogP contribution in [0.3, 0.4) is 0 Å². The summed E-state index contributed by atoms with van der Waals surface area (Å²) in [7, 11) is 1.95. The van der Waals surface area contributed by atoms with Crippen molar-refractivity contribution >= 4 is 11.8 Å². The zero-order chi connectivity index (χ0) is 18.0. The van der Waals surface area contributed by atoms with Gasteiger partial charge in [0.25, 0.3) is 5.91 Å². The van der Waals surface area contributed by atoms with Crippen molar-refractivity contribution in [3.63, 3.8) is 0 Å². The Morgan fingerprint density at radius 1 is 1.12 bits per heavy atom. The molecule has 3 heterocycles. The van der Waals surface area contributed by atoms with Crippen LogP contribution in [0.25, 0.3) is 0 Å². The monoisotopic (exact) mass is 342 g/mol. The molecular weight excluding hydrogens is 316 g/mol. The van der Waals surface area contributed by atoms with Gasteiger partial charge in [0.1, 0.15) is 0 Å². The van der Waals surface area contributed by atoms with Gasteiger partial charge < -0.3 is 19.4 Å². The Morgan fingerprint density at radius 2 is 1.84 bits per heavy atom. The summed E-state index contributed by atoms with van der Waals surface area (Å²) in [5, 5.41) is 0. The van der Waals surface area contributed by atoms with Crippen LogP contribution < -0.4 is 0 Å². The number of aryl methyl sites for hydroxylation is 3. The number of H-pyrrole nitrogens is 1. The minimum Gasteiger partial charge on any atom is -0.362 e. The number of aromatic nitrogens is 2. The second-order valence-electron chi connectivity index (χ2n) is 6.88. The van der Waals surface area contributed by atoms with Gasteiger partial charge in [-0.2, -0.15) is 0 Å². The molecule has 1 aliphatic heterocycles. The van der Waals surface area contributed by atoms with Gasteiger partial charge in [-0.05, 0) is 38.0 Å². The molecule has 2 aromatic rings. The minimum absolute atomic E-state index is 0.0548. The molecule has 0 bridgehead atoms. The molecule has 3 rings (SSSR count). The van der Waals surface area contributed by atoms with E-state index in [2.05, 4.69) is 4.98 Å². The normalized spacial score (nSPS) is 15.3. The molecule has 1 saturated heterocycles. The SMILES string of the molecule is Cc1cc(C(=O)N2CCCN(C(=O)Cc3ccn(C)c3)CC2)c(C)[nH]1. The average molecular weight is 342 g/mol. The number of carbonyl (C=O) groups is 2. The highest BCUT2D eigenvalue weighted by atomic mass is 16.2. The zero-order valence-electron chi connectivity index (χ0n) is 15.2. The first-order valence-corrected chi connectivity index (χ1v) is 8.78. The Bertz CT molecular complexity index is 774. The first-order chi connectivity index (χ1) is 11.9. The summed E-state index contributed by atoms with van der Waals surface area (Å²) in [6.45, 7) is 6.46. The maximum atomic E-state index is 12.8. The van der Waals surface area contributed by atoms with Crippen molar-refractivity contribution in [3.05, 3.63) is 47.0 Å². The topological polar surface area (TPSA) is 61.3 Å². The second-order valence-corrected chi connectivity index (χ2v) is 6.88. The van der Waals surface area contributed by atoms with Gasteiger partial charge in [0, 0.05) is 57.0 Å². The van der Waals surface area contributed by atoms with Crippen LogP contribution in [0.2, 0.25) is 0 Å². The van der Waals surface area contributed by atoms with Gasteiger partial charge >= 0.3 is 0 Å². The number of hydrogen-bond acceptors (Lipinski definition) is 2. The maximum Gasteiger partial charge on any atom is 0.255 e. The summed E-state index contributed by atoms with van der Waals surface area (Å²) in [5.74, 6) is 0.188. The quantitative estimate of drug-likeness (QED) is 0.926. The van der Waals surface area contributed by atoms with Crippen LogP contribution in [0.1, 0.15) is 33.7 Å². The fourth-order valence-electron chi connectivity index (χ4n) is 3.44. The molecule has 0 unspecified atom stereocenters. The summed E-state index contributed by atoms with van der Waals surface area (Å²) in [4.78, 5) is 32.2. The van der Waals surface area contributed by atoms with Gasteiger partial charge in [0.05, 0.1) is 12.0 Å². The Morgan fingerprint density at radius 3 is 2.48 bits per heavy atom. The molecule has 0 saturated carbocycles. The van der Waals surface area contributed by atoms with E-state index in [9.17, 15) is 9.59 Å². The number of nitrogens with zero attached hydrogens (tertiary/aromatic N) is 3. The maximum absolute atomic E-state index is 12.8. The summed E-state index contributed by atoms with van der Waals surface area (Å²) < 4.78 is 1.95. The lowest BCUT2D eigenvalue weighted by molar-refractivity contribution is -0.130. The standard InChI is InChI=1S/C19H26N4O2/c1-14-11-17(15(2)20-14)19(25)23-7-4-6-22(9-10-23)18(24)12-16-5-8-21(3)13-16/h5,8,11,13,20H,4,6-7,9-10,12H2,1-3H3. The van der Waals surface area contributed by atoms with E-state index < -0.39 is 0 Å². The molecule has 0 radical (unpaired) electrons. The van der Waals surface area contributed by atoms with Crippen molar-refractivity contribution in [1.29, 1.82) is 0 Å². The van der Waals surface area contributed by atoms with Crippen molar-refractivity contribution in [2.45, 2.75) is 26.7 Å². The molecule has 6 nitrogen and oxygen atoms in total. The van der Waals surface area contributed by atoms with E-state index in [1.807, 2.05) is 59.8 Å². The van der Waals surface area contributed by atoms with Gasteiger partial charge in [-0.15, -0.1) is 0 Å². The molecule has 0 spiro atoms. The molecule has 25 heavy (non-hydrogen) atoms. The van der Waals surface area contributed by atoms with E-state index >= 15 is 0 Å². The van der Waals surface area contributed by atoms with E-state index in [0.29, 0.717) is 32.6 Å². The Hall–Kier alpha value is -2.50. The highest BCUT2D eigenvalue weighted by Crippen LogP contribution is 2.15. The van der Waals surface area contributed by atoms with E-state index in [4.69, 9.17) is 0 Å². The van der Waals surface area contributed by atoms with Gasteiger partial charge in [0.2, 0.25) is 5.91 Å². The van der Waals surface area contributed by atoms with Crippen LogP contribution in [0.5, 0.6) is 0 Å². The molecule has 1 fully saturated rings. The number of carbonyl (C=O) groups excluding carboxylic acids is 2. The average Bonchev–Trinajstić information content (AvgIpc) is 3.02. The summed E-state index contributed by atoms with van der Waals surface area (Å²) >= 11 is 0. The minimum atomic E-state index is 0.0548. The third kappa shape index (κ3) is 3.95. The highest BCUT2D eigenvalue weighted by Gasteiger charge is 2.24. The first kappa shape index (κ1) is 17.3.